The van der Waals surface area contributed by atoms with Gasteiger partial charge in [-0.15, -0.1) is 11.3 Å². The molecule has 2 heterocycles. The Balaban J connectivity index is 1.67. The molecule has 1 aromatic carbocycles. The van der Waals surface area contributed by atoms with Gasteiger partial charge >= 0.3 is 5.97 Å². The molecule has 0 aliphatic heterocycles. The summed E-state index contributed by atoms with van der Waals surface area (Å²) in [6.45, 7) is 2.40. The average Bonchev–Trinajstić information content (AvgIpc) is 3.29. The van der Waals surface area contributed by atoms with E-state index in [2.05, 4.69) is 5.32 Å². The van der Waals surface area contributed by atoms with Crippen LogP contribution in [0.3, 0.4) is 0 Å². The molecule has 4 rings (SSSR count). The van der Waals surface area contributed by atoms with E-state index in [9.17, 15) is 9.59 Å². The molecule has 0 spiro atoms. The molecule has 1 aliphatic carbocycles. The SMILES string of the molecule is CCOc1cccc2cc(C(=O)Nc3sc4c(c3C(=O)OC)CCCC4)oc12. The molecular weight excluding hydrogens is 378 g/mol. The number of hydrogen-bond donors (Lipinski definition) is 1. The number of hydrogen-bond acceptors (Lipinski definition) is 6. The molecule has 146 valence electrons. The van der Waals surface area contributed by atoms with E-state index in [0.29, 0.717) is 28.5 Å². The molecule has 1 aliphatic rings. The van der Waals surface area contributed by atoms with Crippen molar-refractivity contribution in [3.8, 4) is 5.75 Å². The molecule has 1 amide bonds. The number of para-hydroxylation sites is 1. The minimum Gasteiger partial charge on any atom is -0.490 e. The number of nitrogens with one attached hydrogen (secondary N) is 1. The van der Waals surface area contributed by atoms with Crippen LogP contribution in [-0.4, -0.2) is 25.6 Å². The molecule has 7 heteroatoms. The molecule has 0 atom stereocenters. The van der Waals surface area contributed by atoms with Crippen LogP contribution >= 0.6 is 11.3 Å². The van der Waals surface area contributed by atoms with Gasteiger partial charge in [-0.1, -0.05) is 12.1 Å². The largest absolute Gasteiger partial charge is 0.490 e. The molecule has 28 heavy (non-hydrogen) atoms. The second-order valence-corrected chi connectivity index (χ2v) is 7.68. The Labute approximate surface area is 166 Å². The van der Waals surface area contributed by atoms with Gasteiger partial charge in [0.15, 0.2) is 17.1 Å². The standard InChI is InChI=1S/C21H21NO5S/c1-3-26-14-9-6-7-12-11-15(27-18(12)14)19(23)22-20-17(21(24)25-2)13-8-4-5-10-16(13)28-20/h6-7,9,11H,3-5,8,10H2,1-2H3,(H,22,23). The Kier molecular flexibility index (Phi) is 5.09. The van der Waals surface area contributed by atoms with Crippen molar-refractivity contribution in [1.29, 1.82) is 0 Å². The summed E-state index contributed by atoms with van der Waals surface area (Å²) in [6.07, 6.45) is 3.87. The van der Waals surface area contributed by atoms with E-state index in [1.54, 1.807) is 12.1 Å². The van der Waals surface area contributed by atoms with Crippen LogP contribution in [0.5, 0.6) is 5.75 Å². The van der Waals surface area contributed by atoms with E-state index in [1.807, 2.05) is 19.1 Å². The fourth-order valence-corrected chi connectivity index (χ4v) is 4.83. The maximum absolute atomic E-state index is 12.8. The van der Waals surface area contributed by atoms with Crippen molar-refractivity contribution in [3.05, 3.63) is 46.0 Å². The van der Waals surface area contributed by atoms with Gasteiger partial charge in [0.05, 0.1) is 19.3 Å². The lowest BCUT2D eigenvalue weighted by molar-refractivity contribution is 0.0601. The number of benzene rings is 1. The fourth-order valence-electron chi connectivity index (χ4n) is 3.55. The number of anilines is 1. The molecule has 3 aromatic rings. The first-order valence-electron chi connectivity index (χ1n) is 9.32. The van der Waals surface area contributed by atoms with Gasteiger partial charge in [0.25, 0.3) is 5.91 Å². The molecular formula is C21H21NO5S. The maximum Gasteiger partial charge on any atom is 0.341 e. The molecule has 0 saturated carbocycles. The Morgan fingerprint density at radius 1 is 1.25 bits per heavy atom. The van der Waals surface area contributed by atoms with Crippen LogP contribution < -0.4 is 10.1 Å². The number of carbonyl (C=O) groups excluding carboxylic acids is 2. The summed E-state index contributed by atoms with van der Waals surface area (Å²) >= 11 is 1.45. The lowest BCUT2D eigenvalue weighted by Gasteiger charge is -2.11. The smallest absolute Gasteiger partial charge is 0.341 e. The van der Waals surface area contributed by atoms with Crippen LogP contribution in [0.2, 0.25) is 0 Å². The Hall–Kier alpha value is -2.80. The van der Waals surface area contributed by atoms with Crippen molar-refractivity contribution in [2.45, 2.75) is 32.6 Å². The van der Waals surface area contributed by atoms with Crippen LogP contribution in [0.15, 0.2) is 28.7 Å². The summed E-state index contributed by atoms with van der Waals surface area (Å²) in [7, 11) is 1.36. The number of carbonyl (C=O) groups is 2. The topological polar surface area (TPSA) is 77.8 Å². The predicted molar refractivity (Wildman–Crippen MR) is 108 cm³/mol. The normalized spacial score (nSPS) is 13.2. The van der Waals surface area contributed by atoms with Crippen LogP contribution in [0.25, 0.3) is 11.0 Å². The van der Waals surface area contributed by atoms with E-state index in [0.717, 1.165) is 41.5 Å². The molecule has 2 aromatic heterocycles. The number of furan rings is 1. The van der Waals surface area contributed by atoms with Crippen molar-refractivity contribution in [2.24, 2.45) is 0 Å². The minimum absolute atomic E-state index is 0.171. The zero-order valence-electron chi connectivity index (χ0n) is 15.8. The minimum atomic E-state index is -0.419. The first-order valence-corrected chi connectivity index (χ1v) is 10.1. The zero-order valence-corrected chi connectivity index (χ0v) is 16.6. The van der Waals surface area contributed by atoms with Crippen molar-refractivity contribution in [2.75, 3.05) is 19.0 Å². The third-order valence-corrected chi connectivity index (χ3v) is 6.03. The second-order valence-electron chi connectivity index (χ2n) is 6.58. The summed E-state index contributed by atoms with van der Waals surface area (Å²) in [6, 6.07) is 7.20. The molecule has 0 bridgehead atoms. The number of aryl methyl sites for hydroxylation is 1. The van der Waals surface area contributed by atoms with Gasteiger partial charge in [0.1, 0.15) is 5.00 Å². The highest BCUT2D eigenvalue weighted by atomic mass is 32.1. The summed E-state index contributed by atoms with van der Waals surface area (Å²) in [4.78, 5) is 26.3. The van der Waals surface area contributed by atoms with Crippen LogP contribution in [-0.2, 0) is 17.6 Å². The van der Waals surface area contributed by atoms with Crippen LogP contribution in [0.4, 0.5) is 5.00 Å². The first-order chi connectivity index (χ1) is 13.6. The molecule has 0 unspecified atom stereocenters. The van der Waals surface area contributed by atoms with Crippen molar-refractivity contribution >= 4 is 39.2 Å². The van der Waals surface area contributed by atoms with E-state index in [1.165, 1.54) is 18.4 Å². The third kappa shape index (κ3) is 3.26. The lowest BCUT2D eigenvalue weighted by atomic mass is 9.95. The lowest BCUT2D eigenvalue weighted by Crippen LogP contribution is -2.14. The maximum atomic E-state index is 12.8. The summed E-state index contributed by atoms with van der Waals surface area (Å²) in [5, 5.41) is 4.17. The third-order valence-electron chi connectivity index (χ3n) is 4.82. The summed E-state index contributed by atoms with van der Waals surface area (Å²) in [5.41, 5.74) is 2.01. The van der Waals surface area contributed by atoms with Gasteiger partial charge < -0.3 is 19.2 Å². The number of amides is 1. The zero-order chi connectivity index (χ0) is 19.7. The van der Waals surface area contributed by atoms with Gasteiger partial charge in [-0.3, -0.25) is 4.79 Å². The number of thiophene rings is 1. The Morgan fingerprint density at radius 2 is 2.07 bits per heavy atom. The molecule has 1 N–H and O–H groups in total. The van der Waals surface area contributed by atoms with Gasteiger partial charge in [-0.25, -0.2) is 4.79 Å². The quantitative estimate of drug-likeness (QED) is 0.623. The van der Waals surface area contributed by atoms with Crippen molar-refractivity contribution in [1.82, 2.24) is 0 Å². The van der Waals surface area contributed by atoms with E-state index >= 15 is 0 Å². The molecule has 6 nitrogen and oxygen atoms in total. The summed E-state index contributed by atoms with van der Waals surface area (Å²) in [5.74, 6) is -0.0504. The van der Waals surface area contributed by atoms with E-state index < -0.39 is 11.9 Å². The van der Waals surface area contributed by atoms with Crippen molar-refractivity contribution < 1.29 is 23.5 Å². The first kappa shape index (κ1) is 18.6. The van der Waals surface area contributed by atoms with Gasteiger partial charge in [-0.2, -0.15) is 0 Å². The highest BCUT2D eigenvalue weighted by Crippen LogP contribution is 2.39. The van der Waals surface area contributed by atoms with Gasteiger partial charge in [0.2, 0.25) is 0 Å². The number of rotatable bonds is 5. The fraction of sp³-hybridized carbons (Fsp3) is 0.333. The Morgan fingerprint density at radius 3 is 2.86 bits per heavy atom. The Bertz CT molecular complexity index is 1050. The van der Waals surface area contributed by atoms with E-state index in [4.69, 9.17) is 13.9 Å². The summed E-state index contributed by atoms with van der Waals surface area (Å²) < 4.78 is 16.3. The number of methoxy groups -OCH3 is 1. The average molecular weight is 399 g/mol. The molecule has 0 fully saturated rings. The van der Waals surface area contributed by atoms with Crippen LogP contribution in [0, 0.1) is 0 Å². The van der Waals surface area contributed by atoms with Gasteiger partial charge in [0, 0.05) is 10.3 Å². The predicted octanol–water partition coefficient (Wildman–Crippen LogP) is 4.81. The van der Waals surface area contributed by atoms with Crippen molar-refractivity contribution in [3.63, 3.8) is 0 Å². The monoisotopic (exact) mass is 399 g/mol. The molecule has 0 radical (unpaired) electrons. The highest BCUT2D eigenvalue weighted by molar-refractivity contribution is 7.17. The highest BCUT2D eigenvalue weighted by Gasteiger charge is 2.27. The van der Waals surface area contributed by atoms with E-state index in [-0.39, 0.29) is 5.76 Å². The number of fused-ring (bicyclic) bond motifs is 2. The number of ether oxygens (including phenoxy) is 2. The van der Waals surface area contributed by atoms with Crippen LogP contribution in [0.1, 0.15) is 51.1 Å². The second kappa shape index (κ2) is 7.67. The van der Waals surface area contributed by atoms with Gasteiger partial charge in [-0.05, 0) is 50.3 Å². The number of esters is 1. The molecule has 0 saturated heterocycles.